The SMILES string of the molecule is CC(=O)N1CCN(S(=O)(=O)c2cccc(C(=O)NCc3ccc(-n4cccn4)nc3)c2)CC1. The smallest absolute Gasteiger partial charge is 0.251 e. The Hall–Kier alpha value is -3.57. The minimum Gasteiger partial charge on any atom is -0.348 e. The first-order valence-electron chi connectivity index (χ1n) is 10.4. The van der Waals surface area contributed by atoms with E-state index < -0.39 is 10.0 Å². The normalized spacial score (nSPS) is 14.8. The Kier molecular flexibility index (Phi) is 6.52. The van der Waals surface area contributed by atoms with Gasteiger partial charge in [-0.15, -0.1) is 0 Å². The van der Waals surface area contributed by atoms with Crippen LogP contribution in [0.2, 0.25) is 0 Å². The van der Waals surface area contributed by atoms with Crippen molar-refractivity contribution in [3.8, 4) is 5.82 Å². The number of piperazine rings is 1. The monoisotopic (exact) mass is 468 g/mol. The quantitative estimate of drug-likeness (QED) is 0.578. The predicted octanol–water partition coefficient (Wildman–Crippen LogP) is 1.05. The number of benzene rings is 1. The molecule has 2 aromatic heterocycles. The van der Waals surface area contributed by atoms with Gasteiger partial charge in [0.15, 0.2) is 5.82 Å². The van der Waals surface area contributed by atoms with Gasteiger partial charge in [0.25, 0.3) is 5.91 Å². The summed E-state index contributed by atoms with van der Waals surface area (Å²) in [4.78, 5) is 30.1. The van der Waals surface area contributed by atoms with E-state index in [9.17, 15) is 18.0 Å². The van der Waals surface area contributed by atoms with Gasteiger partial charge in [-0.05, 0) is 35.9 Å². The first kappa shape index (κ1) is 22.6. The van der Waals surface area contributed by atoms with Gasteiger partial charge in [0, 0.05) is 63.8 Å². The lowest BCUT2D eigenvalue weighted by molar-refractivity contribution is -0.129. The van der Waals surface area contributed by atoms with Gasteiger partial charge in [0.1, 0.15) is 0 Å². The molecule has 33 heavy (non-hydrogen) atoms. The van der Waals surface area contributed by atoms with Crippen LogP contribution in [0.4, 0.5) is 0 Å². The predicted molar refractivity (Wildman–Crippen MR) is 120 cm³/mol. The van der Waals surface area contributed by atoms with E-state index in [1.165, 1.54) is 23.4 Å². The van der Waals surface area contributed by atoms with Crippen molar-refractivity contribution in [2.75, 3.05) is 26.2 Å². The van der Waals surface area contributed by atoms with Crippen LogP contribution < -0.4 is 5.32 Å². The van der Waals surface area contributed by atoms with Gasteiger partial charge >= 0.3 is 0 Å². The lowest BCUT2D eigenvalue weighted by Crippen LogP contribution is -2.49. The van der Waals surface area contributed by atoms with Crippen LogP contribution in [0.3, 0.4) is 0 Å². The van der Waals surface area contributed by atoms with E-state index in [0.29, 0.717) is 18.9 Å². The molecule has 1 aliphatic rings. The number of rotatable bonds is 6. The number of aromatic nitrogens is 3. The van der Waals surface area contributed by atoms with Crippen molar-refractivity contribution in [3.63, 3.8) is 0 Å². The fraction of sp³-hybridized carbons (Fsp3) is 0.273. The van der Waals surface area contributed by atoms with Gasteiger partial charge in [-0.2, -0.15) is 9.40 Å². The van der Waals surface area contributed by atoms with Gasteiger partial charge in [0.05, 0.1) is 4.90 Å². The fourth-order valence-electron chi connectivity index (χ4n) is 3.54. The molecule has 0 unspecified atom stereocenters. The molecule has 1 N–H and O–H groups in total. The van der Waals surface area contributed by atoms with E-state index in [-0.39, 0.29) is 41.9 Å². The van der Waals surface area contributed by atoms with Crippen molar-refractivity contribution >= 4 is 21.8 Å². The van der Waals surface area contributed by atoms with Crippen molar-refractivity contribution in [2.45, 2.75) is 18.4 Å². The van der Waals surface area contributed by atoms with Crippen LogP contribution in [0.15, 0.2) is 66.0 Å². The molecule has 10 nitrogen and oxygen atoms in total. The summed E-state index contributed by atoms with van der Waals surface area (Å²) >= 11 is 0. The Morgan fingerprint density at radius 2 is 1.85 bits per heavy atom. The topological polar surface area (TPSA) is 118 Å². The third-order valence-electron chi connectivity index (χ3n) is 5.42. The maximum atomic E-state index is 13.0. The van der Waals surface area contributed by atoms with Crippen LogP contribution in [-0.4, -0.2) is 70.4 Å². The summed E-state index contributed by atoms with van der Waals surface area (Å²) in [6, 6.07) is 11.4. The molecule has 0 spiro atoms. The zero-order valence-electron chi connectivity index (χ0n) is 18.1. The number of carbonyl (C=O) groups excluding carboxylic acids is 2. The Bertz CT molecular complexity index is 1230. The summed E-state index contributed by atoms with van der Waals surface area (Å²) in [6.45, 7) is 2.86. The third-order valence-corrected chi connectivity index (χ3v) is 7.31. The lowest BCUT2D eigenvalue weighted by atomic mass is 10.2. The summed E-state index contributed by atoms with van der Waals surface area (Å²) in [5, 5.41) is 6.91. The van der Waals surface area contributed by atoms with Crippen molar-refractivity contribution in [3.05, 3.63) is 72.2 Å². The van der Waals surface area contributed by atoms with Crippen LogP contribution in [0.1, 0.15) is 22.8 Å². The number of sulfonamides is 1. The molecule has 0 radical (unpaired) electrons. The molecule has 11 heteroatoms. The van der Waals surface area contributed by atoms with E-state index in [4.69, 9.17) is 0 Å². The molecule has 0 atom stereocenters. The van der Waals surface area contributed by atoms with Crippen LogP contribution in [0.25, 0.3) is 5.82 Å². The van der Waals surface area contributed by atoms with Crippen LogP contribution >= 0.6 is 0 Å². The van der Waals surface area contributed by atoms with Crippen molar-refractivity contribution in [1.29, 1.82) is 0 Å². The summed E-state index contributed by atoms with van der Waals surface area (Å²) in [7, 11) is -3.76. The molecule has 0 bridgehead atoms. The Morgan fingerprint density at radius 3 is 2.48 bits per heavy atom. The summed E-state index contributed by atoms with van der Waals surface area (Å²) in [5.74, 6) is 0.207. The standard InChI is InChI=1S/C22H24N6O4S/c1-17(29)26-10-12-27(13-11-26)33(31,32)20-5-2-4-19(14-20)22(30)24-16-18-6-7-21(23-15-18)28-9-3-8-25-28/h2-9,14-15H,10-13,16H2,1H3,(H,24,30). The molecule has 3 aromatic rings. The number of amides is 2. The number of nitrogens with one attached hydrogen (secondary N) is 1. The maximum absolute atomic E-state index is 13.0. The Balaban J connectivity index is 1.40. The van der Waals surface area contributed by atoms with Gasteiger partial charge < -0.3 is 10.2 Å². The Labute approximate surface area is 191 Å². The van der Waals surface area contributed by atoms with Gasteiger partial charge in [-0.3, -0.25) is 9.59 Å². The van der Waals surface area contributed by atoms with Gasteiger partial charge in [-0.25, -0.2) is 18.1 Å². The number of nitrogens with zero attached hydrogens (tertiary/aromatic N) is 5. The van der Waals surface area contributed by atoms with E-state index in [1.807, 2.05) is 6.07 Å². The zero-order valence-corrected chi connectivity index (χ0v) is 18.9. The number of hydrogen-bond acceptors (Lipinski definition) is 6. The third kappa shape index (κ3) is 5.10. The molecule has 0 saturated carbocycles. The summed E-state index contributed by atoms with van der Waals surface area (Å²) in [6.07, 6.45) is 5.10. The lowest BCUT2D eigenvalue weighted by Gasteiger charge is -2.33. The van der Waals surface area contributed by atoms with E-state index in [0.717, 1.165) is 5.56 Å². The van der Waals surface area contributed by atoms with Gasteiger partial charge in [0.2, 0.25) is 15.9 Å². The van der Waals surface area contributed by atoms with Crippen LogP contribution in [0, 0.1) is 0 Å². The number of hydrogen-bond donors (Lipinski definition) is 1. The molecule has 2 amide bonds. The Morgan fingerprint density at radius 1 is 1.06 bits per heavy atom. The average molecular weight is 469 g/mol. The minimum atomic E-state index is -3.76. The summed E-state index contributed by atoms with van der Waals surface area (Å²) in [5.41, 5.74) is 1.05. The highest BCUT2D eigenvalue weighted by molar-refractivity contribution is 7.89. The first-order chi connectivity index (χ1) is 15.8. The highest BCUT2D eigenvalue weighted by Crippen LogP contribution is 2.19. The van der Waals surface area contributed by atoms with Gasteiger partial charge in [-0.1, -0.05) is 12.1 Å². The highest BCUT2D eigenvalue weighted by Gasteiger charge is 2.29. The second kappa shape index (κ2) is 9.51. The number of carbonyl (C=O) groups is 2. The molecule has 0 aliphatic carbocycles. The molecule has 1 fully saturated rings. The van der Waals surface area contributed by atoms with Crippen molar-refractivity contribution in [2.24, 2.45) is 0 Å². The molecule has 1 saturated heterocycles. The maximum Gasteiger partial charge on any atom is 0.251 e. The molecular formula is C22H24N6O4S. The second-order valence-corrected chi connectivity index (χ2v) is 9.53. The molecular weight excluding hydrogens is 444 g/mol. The molecule has 3 heterocycles. The molecule has 172 valence electrons. The average Bonchev–Trinajstić information content (AvgIpc) is 3.38. The van der Waals surface area contributed by atoms with Crippen LogP contribution in [0.5, 0.6) is 0 Å². The van der Waals surface area contributed by atoms with Crippen molar-refractivity contribution in [1.82, 2.24) is 29.3 Å². The van der Waals surface area contributed by atoms with E-state index in [1.54, 1.807) is 52.4 Å². The molecule has 1 aliphatic heterocycles. The van der Waals surface area contributed by atoms with Crippen LogP contribution in [-0.2, 0) is 21.4 Å². The molecule has 1 aromatic carbocycles. The minimum absolute atomic E-state index is 0.0525. The largest absolute Gasteiger partial charge is 0.348 e. The highest BCUT2D eigenvalue weighted by atomic mass is 32.2. The fourth-order valence-corrected chi connectivity index (χ4v) is 5.00. The first-order valence-corrected chi connectivity index (χ1v) is 11.9. The van der Waals surface area contributed by atoms with Crippen molar-refractivity contribution < 1.29 is 18.0 Å². The number of pyridine rings is 1. The van der Waals surface area contributed by atoms with E-state index in [2.05, 4.69) is 15.4 Å². The molecule has 4 rings (SSSR count). The summed E-state index contributed by atoms with van der Waals surface area (Å²) < 4.78 is 29.0. The second-order valence-electron chi connectivity index (χ2n) is 7.60. The van der Waals surface area contributed by atoms with E-state index >= 15 is 0 Å². The zero-order chi connectivity index (χ0) is 23.4.